The van der Waals surface area contributed by atoms with Crippen LogP contribution in [0, 0.1) is 17.5 Å². The van der Waals surface area contributed by atoms with Crippen molar-refractivity contribution in [1.29, 1.82) is 0 Å². The van der Waals surface area contributed by atoms with E-state index in [9.17, 15) is 0 Å². The SMILES string of the molecule is C[Si](C)(C)C#Cc1ccccc1-c1cc[c]cn1. The maximum atomic E-state index is 4.34. The van der Waals surface area contributed by atoms with Crippen molar-refractivity contribution in [3.63, 3.8) is 0 Å². The molecule has 0 aliphatic rings. The summed E-state index contributed by atoms with van der Waals surface area (Å²) < 4.78 is 0. The van der Waals surface area contributed by atoms with Gasteiger partial charge in [-0.25, -0.2) is 0 Å². The third-order valence-electron chi connectivity index (χ3n) is 2.39. The van der Waals surface area contributed by atoms with E-state index in [0.29, 0.717) is 0 Å². The minimum absolute atomic E-state index is 0.953. The predicted octanol–water partition coefficient (Wildman–Crippen LogP) is 3.78. The summed E-state index contributed by atoms with van der Waals surface area (Å²) in [5.74, 6) is 3.31. The van der Waals surface area contributed by atoms with Gasteiger partial charge >= 0.3 is 0 Å². The summed E-state index contributed by atoms with van der Waals surface area (Å²) in [6.07, 6.45) is 1.69. The van der Waals surface area contributed by atoms with E-state index in [-0.39, 0.29) is 0 Å². The smallest absolute Gasteiger partial charge is 0.129 e. The maximum Gasteiger partial charge on any atom is 0.129 e. The summed E-state index contributed by atoms with van der Waals surface area (Å²) in [4.78, 5) is 4.34. The second-order valence-corrected chi connectivity index (χ2v) is 9.94. The molecule has 1 heterocycles. The normalized spacial score (nSPS) is 10.6. The minimum atomic E-state index is -1.35. The van der Waals surface area contributed by atoms with Crippen molar-refractivity contribution in [3.05, 3.63) is 54.2 Å². The summed E-state index contributed by atoms with van der Waals surface area (Å²) in [6, 6.07) is 14.9. The van der Waals surface area contributed by atoms with Crippen molar-refractivity contribution in [2.24, 2.45) is 0 Å². The minimum Gasteiger partial charge on any atom is -0.256 e. The van der Waals surface area contributed by atoms with E-state index in [0.717, 1.165) is 16.8 Å². The van der Waals surface area contributed by atoms with E-state index in [1.165, 1.54) is 0 Å². The van der Waals surface area contributed by atoms with Crippen LogP contribution in [0.15, 0.2) is 42.6 Å². The Morgan fingerprint density at radius 1 is 1.11 bits per heavy atom. The molecule has 0 aliphatic heterocycles. The van der Waals surface area contributed by atoms with Crippen LogP contribution in [0.5, 0.6) is 0 Å². The molecule has 0 spiro atoms. The largest absolute Gasteiger partial charge is 0.256 e. The molecular formula is C16H16NSi. The van der Waals surface area contributed by atoms with Crippen molar-refractivity contribution in [2.75, 3.05) is 0 Å². The highest BCUT2D eigenvalue weighted by Gasteiger charge is 2.08. The molecule has 1 aromatic carbocycles. The predicted molar refractivity (Wildman–Crippen MR) is 78.7 cm³/mol. The average Bonchev–Trinajstić information content (AvgIpc) is 2.37. The second kappa shape index (κ2) is 5.20. The Labute approximate surface area is 110 Å². The molecule has 1 nitrogen and oxygen atoms in total. The lowest BCUT2D eigenvalue weighted by Gasteiger charge is -2.06. The summed E-state index contributed by atoms with van der Waals surface area (Å²) in [5.41, 5.74) is 6.50. The lowest BCUT2D eigenvalue weighted by atomic mass is 10.0. The Kier molecular flexibility index (Phi) is 3.64. The molecule has 0 unspecified atom stereocenters. The van der Waals surface area contributed by atoms with Gasteiger partial charge in [0, 0.05) is 23.4 Å². The monoisotopic (exact) mass is 250 g/mol. The van der Waals surface area contributed by atoms with Crippen LogP contribution in [0.3, 0.4) is 0 Å². The molecule has 0 N–H and O–H groups in total. The first-order chi connectivity index (χ1) is 8.56. The van der Waals surface area contributed by atoms with Crippen molar-refractivity contribution < 1.29 is 0 Å². The summed E-state index contributed by atoms with van der Waals surface area (Å²) in [7, 11) is -1.35. The number of nitrogens with zero attached hydrogens (tertiary/aromatic N) is 1. The topological polar surface area (TPSA) is 12.9 Å². The highest BCUT2D eigenvalue weighted by molar-refractivity contribution is 6.83. The number of benzene rings is 1. The zero-order valence-electron chi connectivity index (χ0n) is 11.0. The number of hydrogen-bond acceptors (Lipinski definition) is 1. The first-order valence-corrected chi connectivity index (χ1v) is 9.51. The van der Waals surface area contributed by atoms with Gasteiger partial charge in [0.05, 0.1) is 5.69 Å². The summed E-state index contributed by atoms with van der Waals surface area (Å²) in [5, 5.41) is 0. The average molecular weight is 250 g/mol. The third kappa shape index (κ3) is 3.32. The lowest BCUT2D eigenvalue weighted by molar-refractivity contribution is 1.32. The van der Waals surface area contributed by atoms with Crippen LogP contribution in [-0.2, 0) is 0 Å². The highest BCUT2D eigenvalue weighted by Crippen LogP contribution is 2.20. The third-order valence-corrected chi connectivity index (χ3v) is 3.27. The van der Waals surface area contributed by atoms with Crippen LogP contribution in [-0.4, -0.2) is 13.1 Å². The van der Waals surface area contributed by atoms with Crippen LogP contribution >= 0.6 is 0 Å². The van der Waals surface area contributed by atoms with Gasteiger partial charge in [-0.1, -0.05) is 49.8 Å². The zero-order valence-corrected chi connectivity index (χ0v) is 12.0. The number of aromatic nitrogens is 1. The molecule has 0 atom stereocenters. The maximum absolute atomic E-state index is 4.34. The Morgan fingerprint density at radius 2 is 1.89 bits per heavy atom. The van der Waals surface area contributed by atoms with Gasteiger partial charge in [0.15, 0.2) is 0 Å². The van der Waals surface area contributed by atoms with Crippen LogP contribution in [0.1, 0.15) is 5.56 Å². The fourth-order valence-corrected chi connectivity index (χ4v) is 2.06. The van der Waals surface area contributed by atoms with Crippen molar-refractivity contribution >= 4 is 8.07 Å². The molecule has 0 saturated heterocycles. The van der Waals surface area contributed by atoms with Gasteiger partial charge in [0.2, 0.25) is 0 Å². The Bertz CT molecular complexity index is 586. The summed E-state index contributed by atoms with van der Waals surface area (Å²) >= 11 is 0. The van der Waals surface area contributed by atoms with Gasteiger partial charge in [0.1, 0.15) is 8.07 Å². The number of pyridine rings is 1. The molecule has 0 amide bonds. The molecule has 0 aliphatic carbocycles. The standard InChI is InChI=1S/C16H16NSi/c1-18(2,3)13-11-14-8-4-5-9-15(14)16-10-6-7-12-17-16/h4-6,8-10,12H,1-3H3. The Morgan fingerprint density at radius 3 is 2.56 bits per heavy atom. The fraction of sp³-hybridized carbons (Fsp3) is 0.188. The Hall–Kier alpha value is -1.85. The molecule has 89 valence electrons. The molecule has 0 bridgehead atoms. The van der Waals surface area contributed by atoms with E-state index in [4.69, 9.17) is 0 Å². The molecule has 0 saturated carbocycles. The van der Waals surface area contributed by atoms with Gasteiger partial charge in [-0.05, 0) is 12.1 Å². The first kappa shape index (κ1) is 12.6. The second-order valence-electron chi connectivity index (χ2n) is 5.19. The van der Waals surface area contributed by atoms with E-state index >= 15 is 0 Å². The highest BCUT2D eigenvalue weighted by atomic mass is 28.3. The van der Waals surface area contributed by atoms with Crippen LogP contribution in [0.2, 0.25) is 19.6 Å². The van der Waals surface area contributed by atoms with Crippen LogP contribution in [0.4, 0.5) is 0 Å². The van der Waals surface area contributed by atoms with Crippen molar-refractivity contribution in [2.45, 2.75) is 19.6 Å². The van der Waals surface area contributed by atoms with E-state index in [1.54, 1.807) is 6.20 Å². The molecule has 2 rings (SSSR count). The molecule has 18 heavy (non-hydrogen) atoms. The van der Waals surface area contributed by atoms with Crippen LogP contribution < -0.4 is 0 Å². The molecule has 0 fully saturated rings. The van der Waals surface area contributed by atoms with Gasteiger partial charge in [-0.2, -0.15) is 0 Å². The van der Waals surface area contributed by atoms with E-state index < -0.39 is 8.07 Å². The quantitative estimate of drug-likeness (QED) is 0.554. The number of rotatable bonds is 1. The molecule has 1 radical (unpaired) electrons. The summed E-state index contributed by atoms with van der Waals surface area (Å²) in [6.45, 7) is 6.75. The fourth-order valence-electron chi connectivity index (χ4n) is 1.55. The zero-order chi connectivity index (χ0) is 13.0. The molecule has 2 heteroatoms. The molecular weight excluding hydrogens is 234 g/mol. The lowest BCUT2D eigenvalue weighted by Crippen LogP contribution is -2.16. The van der Waals surface area contributed by atoms with Crippen molar-refractivity contribution in [3.8, 4) is 22.7 Å². The van der Waals surface area contributed by atoms with E-state index in [1.807, 2.05) is 24.3 Å². The van der Waals surface area contributed by atoms with Gasteiger partial charge < -0.3 is 0 Å². The first-order valence-electron chi connectivity index (χ1n) is 6.01. The van der Waals surface area contributed by atoms with Gasteiger partial charge in [-0.3, -0.25) is 4.98 Å². The van der Waals surface area contributed by atoms with Crippen molar-refractivity contribution in [1.82, 2.24) is 4.98 Å². The van der Waals surface area contributed by atoms with Gasteiger partial charge in [0.25, 0.3) is 0 Å². The van der Waals surface area contributed by atoms with E-state index in [2.05, 4.69) is 54.3 Å². The molecule has 1 aromatic heterocycles. The van der Waals surface area contributed by atoms with Gasteiger partial charge in [-0.15, -0.1) is 5.54 Å². The van der Waals surface area contributed by atoms with Crippen LogP contribution in [0.25, 0.3) is 11.3 Å². The Balaban J connectivity index is 2.47. The molecule has 2 aromatic rings. The number of hydrogen-bond donors (Lipinski definition) is 0.